The maximum Gasteiger partial charge on any atom is 0.430 e. The van der Waals surface area contributed by atoms with Crippen molar-refractivity contribution in [3.05, 3.63) is 65.0 Å². The van der Waals surface area contributed by atoms with Gasteiger partial charge < -0.3 is 25.4 Å². The number of rotatable bonds is 8. The molecule has 0 bridgehead atoms. The van der Waals surface area contributed by atoms with Crippen molar-refractivity contribution in [2.24, 2.45) is 0 Å². The van der Waals surface area contributed by atoms with Crippen LogP contribution in [-0.2, 0) is 21.7 Å². The van der Waals surface area contributed by atoms with Gasteiger partial charge in [0.1, 0.15) is 12.4 Å². The SMILES string of the molecule is CCOC(=O)CNC(=O)Nc1ccc(C(=O)N2CCN(Cc3ccc(C(O)(C(F)(F)F)C(F)(F)F)cc3)CC2)cc1F. The predicted octanol–water partition coefficient (Wildman–Crippen LogP) is 3.78. The largest absolute Gasteiger partial charge is 0.465 e. The van der Waals surface area contributed by atoms with Gasteiger partial charge in [-0.25, -0.2) is 9.18 Å². The quantitative estimate of drug-likeness (QED) is 0.311. The number of hydrogen-bond acceptors (Lipinski definition) is 6. The molecule has 2 aromatic rings. The number of alkyl halides is 6. The second-order valence-corrected chi connectivity index (χ2v) is 9.28. The molecule has 230 valence electrons. The van der Waals surface area contributed by atoms with Gasteiger partial charge in [-0.2, -0.15) is 26.3 Å². The van der Waals surface area contributed by atoms with Crippen molar-refractivity contribution in [3.63, 3.8) is 0 Å². The van der Waals surface area contributed by atoms with E-state index >= 15 is 0 Å². The number of carbonyl (C=O) groups excluding carboxylic acids is 3. The number of benzene rings is 2. The van der Waals surface area contributed by atoms with Crippen molar-refractivity contribution >= 4 is 23.6 Å². The molecule has 3 rings (SSSR count). The van der Waals surface area contributed by atoms with Crippen molar-refractivity contribution in [1.29, 1.82) is 0 Å². The van der Waals surface area contributed by atoms with Crippen LogP contribution in [0.25, 0.3) is 0 Å². The summed E-state index contributed by atoms with van der Waals surface area (Å²) >= 11 is 0. The van der Waals surface area contributed by atoms with E-state index in [-0.39, 0.29) is 37.5 Å². The van der Waals surface area contributed by atoms with Gasteiger partial charge in [0, 0.05) is 43.9 Å². The second kappa shape index (κ2) is 12.9. The molecule has 0 atom stereocenters. The first-order valence-electron chi connectivity index (χ1n) is 12.5. The van der Waals surface area contributed by atoms with Crippen LogP contribution in [0.4, 0.5) is 41.2 Å². The van der Waals surface area contributed by atoms with E-state index in [0.29, 0.717) is 30.8 Å². The zero-order chi connectivity index (χ0) is 31.3. The third kappa shape index (κ3) is 7.47. The van der Waals surface area contributed by atoms with E-state index in [9.17, 15) is 50.2 Å². The number of hydrogen-bond donors (Lipinski definition) is 3. The number of nitrogens with one attached hydrogen (secondary N) is 2. The van der Waals surface area contributed by atoms with E-state index in [2.05, 4.69) is 15.4 Å². The highest BCUT2D eigenvalue weighted by Gasteiger charge is 2.71. The molecule has 0 aliphatic carbocycles. The number of piperazine rings is 1. The Bertz CT molecular complexity index is 1260. The molecule has 16 heteroatoms. The monoisotopic (exact) mass is 608 g/mol. The van der Waals surface area contributed by atoms with Crippen LogP contribution >= 0.6 is 0 Å². The first-order chi connectivity index (χ1) is 19.6. The van der Waals surface area contributed by atoms with Crippen LogP contribution in [0.2, 0.25) is 0 Å². The van der Waals surface area contributed by atoms with Gasteiger partial charge in [-0.1, -0.05) is 24.3 Å². The molecule has 1 aliphatic heterocycles. The summed E-state index contributed by atoms with van der Waals surface area (Å²) in [6, 6.07) is 5.85. The lowest BCUT2D eigenvalue weighted by Gasteiger charge is -2.35. The van der Waals surface area contributed by atoms with Gasteiger partial charge in [0.15, 0.2) is 0 Å². The fourth-order valence-electron chi connectivity index (χ4n) is 4.17. The zero-order valence-corrected chi connectivity index (χ0v) is 22.1. The molecule has 0 unspecified atom stereocenters. The standard InChI is InChI=1S/C26H27F7N4O5/c1-2-42-21(38)14-34-23(40)35-20-8-5-17(13-19(20)27)22(39)37-11-9-36(10-12-37)15-16-3-6-18(7-4-16)24(41,25(28,29)30)26(31,32)33/h3-8,13,41H,2,9-12,14-15H2,1H3,(H2,34,35,40). The van der Waals surface area contributed by atoms with Gasteiger partial charge in [-0.3, -0.25) is 14.5 Å². The first kappa shape index (κ1) is 32.6. The van der Waals surface area contributed by atoms with E-state index in [4.69, 9.17) is 0 Å². The third-order valence-electron chi connectivity index (χ3n) is 6.42. The molecule has 1 fully saturated rings. The molecule has 0 aromatic heterocycles. The van der Waals surface area contributed by atoms with Crippen LogP contribution in [0.1, 0.15) is 28.4 Å². The number of esters is 1. The fraction of sp³-hybridized carbons (Fsp3) is 0.423. The minimum absolute atomic E-state index is 0.0100. The molecule has 3 amide bonds. The van der Waals surface area contributed by atoms with E-state index in [1.54, 1.807) is 6.92 Å². The number of carbonyl (C=O) groups is 3. The Balaban J connectivity index is 1.55. The molecule has 0 saturated carbocycles. The van der Waals surface area contributed by atoms with Crippen molar-refractivity contribution in [1.82, 2.24) is 15.1 Å². The Hall–Kier alpha value is -3.92. The Morgan fingerprint density at radius 1 is 0.929 bits per heavy atom. The van der Waals surface area contributed by atoms with Crippen LogP contribution in [0, 0.1) is 5.82 Å². The third-order valence-corrected chi connectivity index (χ3v) is 6.42. The highest BCUT2D eigenvalue weighted by atomic mass is 19.4. The van der Waals surface area contributed by atoms with Gasteiger partial charge in [-0.05, 0) is 30.7 Å². The van der Waals surface area contributed by atoms with Gasteiger partial charge in [0.25, 0.3) is 11.5 Å². The van der Waals surface area contributed by atoms with Gasteiger partial charge in [0.05, 0.1) is 12.3 Å². The van der Waals surface area contributed by atoms with Crippen LogP contribution < -0.4 is 10.6 Å². The molecule has 3 N–H and O–H groups in total. The van der Waals surface area contributed by atoms with Crippen molar-refractivity contribution in [2.45, 2.75) is 31.4 Å². The molecule has 0 spiro atoms. The molecular formula is C26H27F7N4O5. The van der Waals surface area contributed by atoms with Crippen LogP contribution in [0.3, 0.4) is 0 Å². The van der Waals surface area contributed by atoms with E-state index in [0.717, 1.165) is 18.2 Å². The van der Waals surface area contributed by atoms with Gasteiger partial charge >= 0.3 is 24.4 Å². The van der Waals surface area contributed by atoms with E-state index in [1.165, 1.54) is 17.0 Å². The molecule has 1 aliphatic rings. The van der Waals surface area contributed by atoms with Gasteiger partial charge in [-0.15, -0.1) is 0 Å². The molecule has 42 heavy (non-hydrogen) atoms. The van der Waals surface area contributed by atoms with Gasteiger partial charge in [0.2, 0.25) is 0 Å². The molecule has 1 heterocycles. The molecule has 1 saturated heterocycles. The molecule has 9 nitrogen and oxygen atoms in total. The predicted molar refractivity (Wildman–Crippen MR) is 134 cm³/mol. The number of anilines is 1. The Labute approximate surface area is 235 Å². The molecule has 0 radical (unpaired) electrons. The van der Waals surface area contributed by atoms with Crippen LogP contribution in [0.15, 0.2) is 42.5 Å². The minimum Gasteiger partial charge on any atom is -0.465 e. The fourth-order valence-corrected chi connectivity index (χ4v) is 4.17. The van der Waals surface area contributed by atoms with Crippen molar-refractivity contribution in [2.75, 3.05) is 44.6 Å². The number of nitrogens with zero attached hydrogens (tertiary/aromatic N) is 2. The van der Waals surface area contributed by atoms with Crippen molar-refractivity contribution < 1.29 is 55.0 Å². The van der Waals surface area contributed by atoms with Crippen LogP contribution in [-0.4, -0.2) is 84.5 Å². The summed E-state index contributed by atoms with van der Waals surface area (Å²) < 4.78 is 97.7. The molecular weight excluding hydrogens is 581 g/mol. The van der Waals surface area contributed by atoms with E-state index in [1.807, 2.05) is 4.90 Å². The number of amides is 3. The summed E-state index contributed by atoms with van der Waals surface area (Å²) in [5.74, 6) is -2.06. The normalized spacial score (nSPS) is 14.8. The summed E-state index contributed by atoms with van der Waals surface area (Å²) in [6.45, 7) is 2.49. The second-order valence-electron chi connectivity index (χ2n) is 9.28. The summed E-state index contributed by atoms with van der Waals surface area (Å²) in [6.07, 6.45) is -12.0. The zero-order valence-electron chi connectivity index (χ0n) is 22.1. The number of aliphatic hydroxyl groups is 1. The summed E-state index contributed by atoms with van der Waals surface area (Å²) in [7, 11) is 0. The summed E-state index contributed by atoms with van der Waals surface area (Å²) in [4.78, 5) is 39.3. The maximum atomic E-state index is 14.5. The smallest absolute Gasteiger partial charge is 0.430 e. The number of halogens is 7. The summed E-state index contributed by atoms with van der Waals surface area (Å²) in [5.41, 5.74) is -6.19. The lowest BCUT2D eigenvalue weighted by Crippen LogP contribution is -2.53. The summed E-state index contributed by atoms with van der Waals surface area (Å²) in [5, 5.41) is 13.9. The highest BCUT2D eigenvalue weighted by Crippen LogP contribution is 2.50. The van der Waals surface area contributed by atoms with E-state index < -0.39 is 53.8 Å². The Kier molecular flexibility index (Phi) is 10.0. The average Bonchev–Trinajstić information content (AvgIpc) is 2.92. The minimum atomic E-state index is -5.98. The average molecular weight is 609 g/mol. The highest BCUT2D eigenvalue weighted by molar-refractivity contribution is 5.96. The number of urea groups is 1. The Morgan fingerprint density at radius 3 is 2.05 bits per heavy atom. The van der Waals surface area contributed by atoms with Crippen LogP contribution in [0.5, 0.6) is 0 Å². The lowest BCUT2D eigenvalue weighted by atomic mass is 9.91. The lowest BCUT2D eigenvalue weighted by molar-refractivity contribution is -0.376. The topological polar surface area (TPSA) is 111 Å². The first-order valence-corrected chi connectivity index (χ1v) is 12.5. The number of ether oxygens (including phenoxy) is 1. The maximum absolute atomic E-state index is 14.5. The Morgan fingerprint density at radius 2 is 1.52 bits per heavy atom. The van der Waals surface area contributed by atoms with Crippen molar-refractivity contribution in [3.8, 4) is 0 Å². The molecule has 2 aromatic carbocycles.